The summed E-state index contributed by atoms with van der Waals surface area (Å²) in [7, 11) is 0. The van der Waals surface area contributed by atoms with Crippen LogP contribution in [0.2, 0.25) is 0 Å². The highest BCUT2D eigenvalue weighted by Gasteiger charge is 2.02. The van der Waals surface area contributed by atoms with E-state index < -0.39 is 0 Å². The highest BCUT2D eigenvalue weighted by molar-refractivity contribution is 5.40. The van der Waals surface area contributed by atoms with Gasteiger partial charge in [-0.25, -0.2) is 4.98 Å². The number of nitrogens with zero attached hydrogens (tertiary/aromatic N) is 3. The Morgan fingerprint density at radius 3 is 2.54 bits per heavy atom. The third kappa shape index (κ3) is 3.87. The topological polar surface area (TPSA) is 59.8 Å². The van der Waals surface area contributed by atoms with Crippen molar-refractivity contribution in [2.45, 2.75) is 26.9 Å². The number of hydrogen-bond acceptors (Lipinski definition) is 4. The molecular weight excluding hydrogens is 300 g/mol. The number of pyridine rings is 1. The Kier molecular flexibility index (Phi) is 4.70. The van der Waals surface area contributed by atoms with Crippen molar-refractivity contribution in [2.24, 2.45) is 0 Å². The van der Waals surface area contributed by atoms with Crippen molar-refractivity contribution in [2.75, 3.05) is 5.32 Å². The second-order valence-corrected chi connectivity index (χ2v) is 5.78. The molecule has 24 heavy (non-hydrogen) atoms. The van der Waals surface area contributed by atoms with Gasteiger partial charge in [-0.05, 0) is 31.0 Å². The molecular formula is C19H20N4O. The third-order valence-electron chi connectivity index (χ3n) is 3.81. The van der Waals surface area contributed by atoms with E-state index in [0.29, 0.717) is 13.1 Å². The normalized spacial score (nSPS) is 10.6. The number of aromatic nitrogens is 3. The Balaban J connectivity index is 1.65. The molecule has 0 spiro atoms. The summed E-state index contributed by atoms with van der Waals surface area (Å²) >= 11 is 0. The van der Waals surface area contributed by atoms with Gasteiger partial charge in [0.15, 0.2) is 0 Å². The molecule has 3 aromatic rings. The monoisotopic (exact) mass is 320 g/mol. The highest BCUT2D eigenvalue weighted by atomic mass is 16.1. The summed E-state index contributed by atoms with van der Waals surface area (Å²) in [4.78, 5) is 20.5. The lowest BCUT2D eigenvalue weighted by molar-refractivity contribution is 0.759. The molecule has 0 saturated carbocycles. The summed E-state index contributed by atoms with van der Waals surface area (Å²) < 4.78 is 1.69. The molecule has 2 heterocycles. The van der Waals surface area contributed by atoms with Gasteiger partial charge in [0, 0.05) is 25.0 Å². The van der Waals surface area contributed by atoms with Crippen LogP contribution < -0.4 is 10.9 Å². The average molecular weight is 320 g/mol. The van der Waals surface area contributed by atoms with Crippen LogP contribution in [-0.2, 0) is 13.1 Å². The van der Waals surface area contributed by atoms with Gasteiger partial charge in [0.1, 0.15) is 5.82 Å². The van der Waals surface area contributed by atoms with Crippen LogP contribution in [0.25, 0.3) is 0 Å². The first-order valence-corrected chi connectivity index (χ1v) is 7.89. The lowest BCUT2D eigenvalue weighted by Crippen LogP contribution is -2.18. The molecule has 0 amide bonds. The fraction of sp³-hybridized carbons (Fsp3) is 0.211. The second kappa shape index (κ2) is 7.08. The van der Waals surface area contributed by atoms with Crippen LogP contribution in [0.1, 0.15) is 22.5 Å². The van der Waals surface area contributed by atoms with Crippen molar-refractivity contribution in [1.82, 2.24) is 14.5 Å². The van der Waals surface area contributed by atoms with Crippen molar-refractivity contribution in [3.63, 3.8) is 0 Å². The quantitative estimate of drug-likeness (QED) is 0.785. The zero-order valence-corrected chi connectivity index (χ0v) is 13.9. The Morgan fingerprint density at radius 1 is 1.04 bits per heavy atom. The van der Waals surface area contributed by atoms with E-state index in [1.807, 2.05) is 32.0 Å². The molecule has 5 nitrogen and oxygen atoms in total. The predicted molar refractivity (Wildman–Crippen MR) is 95.1 cm³/mol. The van der Waals surface area contributed by atoms with Gasteiger partial charge in [0.25, 0.3) is 5.56 Å². The van der Waals surface area contributed by atoms with Crippen LogP contribution in [0.4, 0.5) is 5.82 Å². The van der Waals surface area contributed by atoms with Gasteiger partial charge in [-0.1, -0.05) is 30.3 Å². The zero-order chi connectivity index (χ0) is 16.9. The van der Waals surface area contributed by atoms with Crippen molar-refractivity contribution in [3.8, 4) is 0 Å². The Bertz CT molecular complexity index is 884. The minimum absolute atomic E-state index is 0.0109. The summed E-state index contributed by atoms with van der Waals surface area (Å²) in [5.41, 5.74) is 4.05. The van der Waals surface area contributed by atoms with E-state index in [-0.39, 0.29) is 5.56 Å². The van der Waals surface area contributed by atoms with Crippen LogP contribution >= 0.6 is 0 Å². The fourth-order valence-corrected chi connectivity index (χ4v) is 2.44. The summed E-state index contributed by atoms with van der Waals surface area (Å²) in [6.07, 6.45) is 3.57. The van der Waals surface area contributed by atoms with E-state index >= 15 is 0 Å². The van der Waals surface area contributed by atoms with Crippen molar-refractivity contribution in [1.29, 1.82) is 0 Å². The second-order valence-electron chi connectivity index (χ2n) is 5.78. The van der Waals surface area contributed by atoms with Crippen LogP contribution in [0.5, 0.6) is 0 Å². The smallest absolute Gasteiger partial charge is 0.250 e. The zero-order valence-electron chi connectivity index (χ0n) is 13.9. The maximum atomic E-state index is 11.7. The van der Waals surface area contributed by atoms with Crippen molar-refractivity contribution >= 4 is 5.82 Å². The van der Waals surface area contributed by atoms with E-state index in [4.69, 9.17) is 0 Å². The van der Waals surface area contributed by atoms with Crippen LogP contribution in [-0.4, -0.2) is 14.5 Å². The van der Waals surface area contributed by atoms with Gasteiger partial charge in [-0.3, -0.25) is 9.78 Å². The largest absolute Gasteiger partial charge is 0.364 e. The van der Waals surface area contributed by atoms with E-state index in [9.17, 15) is 4.79 Å². The van der Waals surface area contributed by atoms with Crippen LogP contribution in [0.15, 0.2) is 59.7 Å². The maximum Gasteiger partial charge on any atom is 0.250 e. The van der Waals surface area contributed by atoms with Gasteiger partial charge in [0.05, 0.1) is 17.9 Å². The Morgan fingerprint density at radius 2 is 1.79 bits per heavy atom. The summed E-state index contributed by atoms with van der Waals surface area (Å²) in [6, 6.07) is 13.4. The lowest BCUT2D eigenvalue weighted by Gasteiger charge is -2.10. The molecule has 0 aliphatic heterocycles. The minimum Gasteiger partial charge on any atom is -0.364 e. The molecule has 2 aromatic heterocycles. The molecule has 122 valence electrons. The molecule has 0 aliphatic rings. The Labute approximate surface area is 141 Å². The van der Waals surface area contributed by atoms with E-state index in [2.05, 4.69) is 27.4 Å². The molecule has 3 rings (SSSR count). The van der Waals surface area contributed by atoms with Crippen molar-refractivity contribution < 1.29 is 0 Å². The first kappa shape index (κ1) is 15.9. The number of anilines is 1. The molecule has 0 radical (unpaired) electrons. The average Bonchev–Trinajstić information content (AvgIpc) is 2.59. The van der Waals surface area contributed by atoms with Crippen LogP contribution in [0, 0.1) is 13.8 Å². The van der Waals surface area contributed by atoms with Crippen molar-refractivity contribution in [3.05, 3.63) is 87.7 Å². The SMILES string of the molecule is Cc1cnc(C)c(NCc2ccc(Cn3ccccc3=O)cc2)n1. The van der Waals surface area contributed by atoms with Gasteiger partial charge < -0.3 is 9.88 Å². The maximum absolute atomic E-state index is 11.7. The molecule has 1 N–H and O–H groups in total. The minimum atomic E-state index is 0.0109. The van der Waals surface area contributed by atoms with Gasteiger partial charge in [-0.2, -0.15) is 0 Å². The molecule has 1 aromatic carbocycles. The summed E-state index contributed by atoms with van der Waals surface area (Å²) in [6.45, 7) is 5.13. The first-order chi connectivity index (χ1) is 11.6. The van der Waals surface area contributed by atoms with Gasteiger partial charge >= 0.3 is 0 Å². The lowest BCUT2D eigenvalue weighted by atomic mass is 10.1. The van der Waals surface area contributed by atoms with E-state index in [1.54, 1.807) is 29.1 Å². The summed E-state index contributed by atoms with van der Waals surface area (Å²) in [5, 5.41) is 3.32. The fourth-order valence-electron chi connectivity index (χ4n) is 2.44. The number of hydrogen-bond donors (Lipinski definition) is 1. The Hall–Kier alpha value is -2.95. The van der Waals surface area contributed by atoms with E-state index in [0.717, 1.165) is 28.3 Å². The first-order valence-electron chi connectivity index (χ1n) is 7.89. The molecule has 0 unspecified atom stereocenters. The number of aryl methyl sites for hydroxylation is 2. The molecule has 0 saturated heterocycles. The third-order valence-corrected chi connectivity index (χ3v) is 3.81. The molecule has 5 heteroatoms. The van der Waals surface area contributed by atoms with Gasteiger partial charge in [0.2, 0.25) is 0 Å². The predicted octanol–water partition coefficient (Wildman–Crippen LogP) is 2.92. The van der Waals surface area contributed by atoms with Crippen LogP contribution in [0.3, 0.4) is 0 Å². The number of rotatable bonds is 5. The molecule has 0 aliphatic carbocycles. The molecule has 0 atom stereocenters. The number of benzene rings is 1. The highest BCUT2D eigenvalue weighted by Crippen LogP contribution is 2.12. The summed E-state index contributed by atoms with van der Waals surface area (Å²) in [5.74, 6) is 0.815. The standard InChI is InChI=1S/C19H20N4O/c1-14-11-20-15(2)19(22-14)21-12-16-6-8-17(9-7-16)13-23-10-4-3-5-18(23)24/h3-11H,12-13H2,1-2H3,(H,21,22). The van der Waals surface area contributed by atoms with Gasteiger partial charge in [-0.15, -0.1) is 0 Å². The van der Waals surface area contributed by atoms with E-state index in [1.165, 1.54) is 0 Å². The number of nitrogens with one attached hydrogen (secondary N) is 1. The molecule has 0 bridgehead atoms. The molecule has 0 fully saturated rings.